The van der Waals surface area contributed by atoms with E-state index in [0.717, 1.165) is 26.1 Å². The second-order valence-corrected chi connectivity index (χ2v) is 2.06. The molecule has 15 heavy (non-hydrogen) atoms. The molecule has 0 radical (unpaired) electrons. The molecule has 0 aromatic carbocycles. The van der Waals surface area contributed by atoms with Gasteiger partial charge in [-0.05, 0) is 12.8 Å². The van der Waals surface area contributed by atoms with E-state index in [0.29, 0.717) is 0 Å². The first-order valence-electron chi connectivity index (χ1n) is 5.12. The lowest BCUT2D eigenvalue weighted by atomic mass is 10.5. The molecule has 0 spiro atoms. The number of aliphatic hydroxyl groups excluding tert-OH is 2. The zero-order chi connectivity index (χ0) is 12.9. The lowest BCUT2D eigenvalue weighted by molar-refractivity contribution is 0.135. The van der Waals surface area contributed by atoms with Crippen LogP contribution in [0.15, 0.2) is 26.3 Å². The van der Waals surface area contributed by atoms with Gasteiger partial charge in [-0.15, -0.1) is 26.3 Å². The Bertz CT molecular complexity index is 59.9. The average molecular weight is 220 g/mol. The van der Waals surface area contributed by atoms with Gasteiger partial charge in [0.2, 0.25) is 0 Å². The Kier molecular flexibility index (Phi) is 80.3. The Morgan fingerprint density at radius 3 is 1.20 bits per heavy atom. The Balaban J connectivity index is -0.0000000647. The van der Waals surface area contributed by atoms with Gasteiger partial charge in [0, 0.05) is 13.2 Å². The van der Waals surface area contributed by atoms with Crippen molar-refractivity contribution in [2.24, 2.45) is 0 Å². The highest BCUT2D eigenvalue weighted by molar-refractivity contribution is 4.25. The van der Waals surface area contributed by atoms with Crippen LogP contribution in [0, 0.1) is 0 Å². The van der Waals surface area contributed by atoms with Gasteiger partial charge in [-0.25, -0.2) is 0 Å². The maximum atomic E-state index is 7.62. The highest BCUT2D eigenvalue weighted by Crippen LogP contribution is 1.81. The van der Waals surface area contributed by atoms with Gasteiger partial charge in [-0.3, -0.25) is 0 Å². The first-order valence-corrected chi connectivity index (χ1v) is 5.12. The van der Waals surface area contributed by atoms with Gasteiger partial charge in [0.1, 0.15) is 0 Å². The molecule has 0 aromatic rings. The Morgan fingerprint density at radius 2 is 1.07 bits per heavy atom. The molecule has 0 amide bonds. The third-order valence-electron chi connectivity index (χ3n) is 0.797. The van der Waals surface area contributed by atoms with E-state index in [4.69, 9.17) is 14.9 Å². The van der Waals surface area contributed by atoms with Crippen molar-refractivity contribution in [2.75, 3.05) is 26.4 Å². The predicted octanol–water partition coefficient (Wildman–Crippen LogP) is 2.40. The summed E-state index contributed by atoms with van der Waals surface area (Å²) in [7, 11) is 0. The Hall–Kier alpha value is -0.640. The molecule has 0 aliphatic heterocycles. The van der Waals surface area contributed by atoms with Crippen LogP contribution in [-0.4, -0.2) is 36.6 Å². The van der Waals surface area contributed by atoms with Crippen molar-refractivity contribution in [2.45, 2.75) is 26.7 Å². The van der Waals surface area contributed by atoms with E-state index in [2.05, 4.69) is 40.2 Å². The number of rotatable bonds is 5. The molecule has 0 atom stereocenters. The summed E-state index contributed by atoms with van der Waals surface area (Å²) >= 11 is 0. The molecule has 0 aliphatic rings. The summed E-state index contributed by atoms with van der Waals surface area (Å²) < 4.78 is 5.13. The van der Waals surface area contributed by atoms with Crippen LogP contribution >= 0.6 is 0 Å². The molecule has 0 rings (SSSR count). The molecule has 94 valence electrons. The first kappa shape index (κ1) is 23.9. The number of ether oxygens (including phenoxy) is 1. The summed E-state index contributed by atoms with van der Waals surface area (Å²) in [4.78, 5) is 0. The predicted molar refractivity (Wildman–Crippen MR) is 68.1 cm³/mol. The summed E-state index contributed by atoms with van der Waals surface area (Å²) in [6.07, 6.45) is 2.28. The van der Waals surface area contributed by atoms with Gasteiger partial charge in [-0.2, -0.15) is 0 Å². The van der Waals surface area contributed by atoms with Crippen molar-refractivity contribution >= 4 is 0 Å². The number of hydrogen-bond donors (Lipinski definition) is 2. The quantitative estimate of drug-likeness (QED) is 0.552. The van der Waals surface area contributed by atoms with Crippen molar-refractivity contribution in [3.63, 3.8) is 0 Å². The Labute approximate surface area is 95.1 Å². The van der Waals surface area contributed by atoms with E-state index in [1.807, 2.05) is 0 Å². The lowest BCUT2D eigenvalue weighted by Crippen LogP contribution is -1.92. The van der Waals surface area contributed by atoms with Crippen LogP contribution in [-0.2, 0) is 4.74 Å². The topological polar surface area (TPSA) is 49.7 Å². The van der Waals surface area contributed by atoms with Crippen LogP contribution in [0.2, 0.25) is 0 Å². The van der Waals surface area contributed by atoms with E-state index in [1.165, 1.54) is 0 Å². The molecule has 0 unspecified atom stereocenters. The first-order chi connectivity index (χ1) is 7.33. The van der Waals surface area contributed by atoms with Crippen LogP contribution in [0.25, 0.3) is 0 Å². The highest BCUT2D eigenvalue weighted by Gasteiger charge is 1.77. The van der Waals surface area contributed by atoms with Crippen molar-refractivity contribution < 1.29 is 14.9 Å². The fourth-order valence-electron chi connectivity index (χ4n) is 0.391. The molecule has 0 heterocycles. The standard InChI is InChI=1S/C6H14O.C2H6O2.2C2H4/c1-3-5-7-6-4-2;3-1-2-4;2*1-2/h3-6H2,1-2H3;3-4H,1-2H2;2*1-2H2. The zero-order valence-corrected chi connectivity index (χ0v) is 10.4. The van der Waals surface area contributed by atoms with Crippen molar-refractivity contribution in [1.29, 1.82) is 0 Å². The van der Waals surface area contributed by atoms with Crippen LogP contribution < -0.4 is 0 Å². The second-order valence-electron chi connectivity index (χ2n) is 2.06. The maximum Gasteiger partial charge on any atom is 0.0662 e. The smallest absolute Gasteiger partial charge is 0.0662 e. The maximum absolute atomic E-state index is 7.62. The fraction of sp³-hybridized carbons (Fsp3) is 0.667. The third-order valence-corrected chi connectivity index (χ3v) is 0.797. The van der Waals surface area contributed by atoms with Crippen LogP contribution in [0.4, 0.5) is 0 Å². The van der Waals surface area contributed by atoms with Gasteiger partial charge >= 0.3 is 0 Å². The summed E-state index contributed by atoms with van der Waals surface area (Å²) in [6, 6.07) is 0. The molecule has 3 heteroatoms. The van der Waals surface area contributed by atoms with Crippen LogP contribution in [0.5, 0.6) is 0 Å². The van der Waals surface area contributed by atoms with Gasteiger partial charge < -0.3 is 14.9 Å². The minimum atomic E-state index is -0.125. The molecule has 0 saturated heterocycles. The van der Waals surface area contributed by atoms with Crippen LogP contribution in [0.1, 0.15) is 26.7 Å². The van der Waals surface area contributed by atoms with Crippen molar-refractivity contribution in [1.82, 2.24) is 0 Å². The minimum Gasteiger partial charge on any atom is -0.394 e. The van der Waals surface area contributed by atoms with Gasteiger partial charge in [0.05, 0.1) is 13.2 Å². The average Bonchev–Trinajstić information content (AvgIpc) is 2.35. The van der Waals surface area contributed by atoms with Crippen molar-refractivity contribution in [3.05, 3.63) is 26.3 Å². The van der Waals surface area contributed by atoms with E-state index < -0.39 is 0 Å². The summed E-state index contributed by atoms with van der Waals surface area (Å²) in [5.74, 6) is 0. The monoisotopic (exact) mass is 220 g/mol. The minimum absolute atomic E-state index is 0.125. The second kappa shape index (κ2) is 50.5. The van der Waals surface area contributed by atoms with Gasteiger partial charge in [0.25, 0.3) is 0 Å². The normalized spacial score (nSPS) is 6.93. The van der Waals surface area contributed by atoms with Crippen molar-refractivity contribution in [3.8, 4) is 0 Å². The number of aliphatic hydroxyl groups is 2. The van der Waals surface area contributed by atoms with E-state index in [1.54, 1.807) is 0 Å². The lowest BCUT2D eigenvalue weighted by Gasteiger charge is -1.95. The van der Waals surface area contributed by atoms with E-state index in [-0.39, 0.29) is 13.2 Å². The molecular formula is C12H28O3. The third kappa shape index (κ3) is 90.7. The largest absolute Gasteiger partial charge is 0.394 e. The summed E-state index contributed by atoms with van der Waals surface area (Å²) in [6.45, 7) is 17.8. The van der Waals surface area contributed by atoms with Crippen LogP contribution in [0.3, 0.4) is 0 Å². The SMILES string of the molecule is C=C.C=C.CCCOCCC.OCCO. The molecule has 2 N–H and O–H groups in total. The molecule has 0 aliphatic carbocycles. The molecule has 0 fully saturated rings. The molecule has 0 saturated carbocycles. The molecule has 3 nitrogen and oxygen atoms in total. The molecule has 0 aromatic heterocycles. The summed E-state index contributed by atoms with van der Waals surface area (Å²) in [5, 5.41) is 15.2. The van der Waals surface area contributed by atoms with Gasteiger partial charge in [-0.1, -0.05) is 13.8 Å². The molecular weight excluding hydrogens is 192 g/mol. The van der Waals surface area contributed by atoms with Gasteiger partial charge in [0.15, 0.2) is 0 Å². The molecule has 0 bridgehead atoms. The summed E-state index contributed by atoms with van der Waals surface area (Å²) in [5.41, 5.74) is 0. The zero-order valence-electron chi connectivity index (χ0n) is 10.4. The fourth-order valence-corrected chi connectivity index (χ4v) is 0.391. The Morgan fingerprint density at radius 1 is 0.800 bits per heavy atom. The number of hydrogen-bond acceptors (Lipinski definition) is 3. The van der Waals surface area contributed by atoms with E-state index >= 15 is 0 Å². The van der Waals surface area contributed by atoms with E-state index in [9.17, 15) is 0 Å². The highest BCUT2D eigenvalue weighted by atomic mass is 16.5.